The van der Waals surface area contributed by atoms with Crippen molar-refractivity contribution >= 4 is 5.69 Å². The molecule has 1 aliphatic heterocycles. The van der Waals surface area contributed by atoms with Crippen LogP contribution < -0.4 is 4.90 Å². The first kappa shape index (κ1) is 12.4. The summed E-state index contributed by atoms with van der Waals surface area (Å²) < 4.78 is 11.2. The fourth-order valence-corrected chi connectivity index (χ4v) is 2.12. The smallest absolute Gasteiger partial charge is 0.184 e. The minimum Gasteiger partial charge on any atom is -0.372 e. The topological polar surface area (TPSA) is 21.7 Å². The molecule has 2 rings (SSSR count). The first-order valence-corrected chi connectivity index (χ1v) is 6.36. The highest BCUT2D eigenvalue weighted by Gasteiger charge is 2.23. The molecule has 0 N–H and O–H groups in total. The SMILES string of the molecule is CCN(CC)c1ccc([C@H]2OC[C@H](C)O2)cc1. The number of ether oxygens (including phenoxy) is 2. The largest absolute Gasteiger partial charge is 0.372 e. The Hall–Kier alpha value is -1.06. The van der Waals surface area contributed by atoms with Gasteiger partial charge in [0.2, 0.25) is 0 Å². The molecule has 1 aromatic rings. The molecule has 1 aromatic carbocycles. The summed E-state index contributed by atoms with van der Waals surface area (Å²) in [6, 6.07) is 8.46. The Bertz CT molecular complexity index is 346. The monoisotopic (exact) mass is 235 g/mol. The van der Waals surface area contributed by atoms with Crippen molar-refractivity contribution in [2.75, 3.05) is 24.6 Å². The summed E-state index contributed by atoms with van der Waals surface area (Å²) in [4.78, 5) is 2.32. The fraction of sp³-hybridized carbons (Fsp3) is 0.571. The van der Waals surface area contributed by atoms with Gasteiger partial charge in [0, 0.05) is 24.3 Å². The minimum atomic E-state index is -0.184. The molecule has 0 saturated carbocycles. The molecule has 1 heterocycles. The van der Waals surface area contributed by atoms with E-state index in [0.717, 1.165) is 18.7 Å². The third kappa shape index (κ3) is 2.79. The Morgan fingerprint density at radius 3 is 2.29 bits per heavy atom. The number of hydrogen-bond donors (Lipinski definition) is 0. The summed E-state index contributed by atoms with van der Waals surface area (Å²) >= 11 is 0. The highest BCUT2D eigenvalue weighted by atomic mass is 16.7. The van der Waals surface area contributed by atoms with E-state index in [1.54, 1.807) is 0 Å². The van der Waals surface area contributed by atoms with Gasteiger partial charge in [-0.05, 0) is 32.9 Å². The van der Waals surface area contributed by atoms with Crippen molar-refractivity contribution < 1.29 is 9.47 Å². The van der Waals surface area contributed by atoms with Crippen molar-refractivity contribution in [2.45, 2.75) is 33.2 Å². The van der Waals surface area contributed by atoms with Crippen molar-refractivity contribution in [3.8, 4) is 0 Å². The molecular formula is C14H21NO2. The second-order valence-electron chi connectivity index (χ2n) is 4.38. The van der Waals surface area contributed by atoms with Gasteiger partial charge in [-0.1, -0.05) is 12.1 Å². The van der Waals surface area contributed by atoms with Gasteiger partial charge in [0.25, 0.3) is 0 Å². The molecule has 0 unspecified atom stereocenters. The molecule has 1 aliphatic rings. The van der Waals surface area contributed by atoms with Gasteiger partial charge in [-0.25, -0.2) is 0 Å². The van der Waals surface area contributed by atoms with Crippen LogP contribution in [-0.4, -0.2) is 25.8 Å². The van der Waals surface area contributed by atoms with E-state index in [0.29, 0.717) is 6.61 Å². The molecule has 3 nitrogen and oxygen atoms in total. The standard InChI is InChI=1S/C14H21NO2/c1-4-15(5-2)13-8-6-12(7-9-13)14-16-10-11(3)17-14/h6-9,11,14H,4-5,10H2,1-3H3/t11-,14-/m0/s1. The lowest BCUT2D eigenvalue weighted by atomic mass is 10.2. The molecule has 0 amide bonds. The van der Waals surface area contributed by atoms with Crippen LogP contribution in [-0.2, 0) is 9.47 Å². The van der Waals surface area contributed by atoms with Crippen LogP contribution in [0.1, 0.15) is 32.6 Å². The molecule has 0 radical (unpaired) electrons. The van der Waals surface area contributed by atoms with Gasteiger partial charge in [-0.15, -0.1) is 0 Å². The lowest BCUT2D eigenvalue weighted by Crippen LogP contribution is -2.21. The van der Waals surface area contributed by atoms with Crippen LogP contribution in [0, 0.1) is 0 Å². The van der Waals surface area contributed by atoms with Crippen molar-refractivity contribution in [3.63, 3.8) is 0 Å². The van der Waals surface area contributed by atoms with E-state index >= 15 is 0 Å². The molecule has 2 atom stereocenters. The number of hydrogen-bond acceptors (Lipinski definition) is 3. The number of rotatable bonds is 4. The first-order chi connectivity index (χ1) is 8.24. The average Bonchev–Trinajstić information content (AvgIpc) is 2.78. The summed E-state index contributed by atoms with van der Waals surface area (Å²) in [6.45, 7) is 9.11. The van der Waals surface area contributed by atoms with Gasteiger partial charge in [0.1, 0.15) is 0 Å². The molecule has 1 fully saturated rings. The maximum Gasteiger partial charge on any atom is 0.184 e. The maximum atomic E-state index is 5.66. The average molecular weight is 235 g/mol. The van der Waals surface area contributed by atoms with Gasteiger partial charge in [0.05, 0.1) is 12.7 Å². The maximum absolute atomic E-state index is 5.66. The zero-order chi connectivity index (χ0) is 12.3. The van der Waals surface area contributed by atoms with E-state index < -0.39 is 0 Å². The van der Waals surface area contributed by atoms with E-state index in [1.807, 2.05) is 6.92 Å². The van der Waals surface area contributed by atoms with Crippen LogP contribution in [0.25, 0.3) is 0 Å². The van der Waals surface area contributed by atoms with Crippen molar-refractivity contribution in [1.29, 1.82) is 0 Å². The van der Waals surface area contributed by atoms with Gasteiger partial charge in [-0.3, -0.25) is 0 Å². The first-order valence-electron chi connectivity index (χ1n) is 6.36. The normalized spacial score (nSPS) is 23.9. The van der Waals surface area contributed by atoms with Crippen LogP contribution in [0.15, 0.2) is 24.3 Å². The molecule has 94 valence electrons. The van der Waals surface area contributed by atoms with Gasteiger partial charge >= 0.3 is 0 Å². The molecular weight excluding hydrogens is 214 g/mol. The Balaban J connectivity index is 2.07. The number of benzene rings is 1. The van der Waals surface area contributed by atoms with Crippen LogP contribution in [0.3, 0.4) is 0 Å². The van der Waals surface area contributed by atoms with E-state index in [-0.39, 0.29) is 12.4 Å². The second kappa shape index (κ2) is 5.52. The summed E-state index contributed by atoms with van der Waals surface area (Å²) in [6.07, 6.45) is 0.0122. The number of anilines is 1. The zero-order valence-electron chi connectivity index (χ0n) is 10.8. The summed E-state index contributed by atoms with van der Waals surface area (Å²) in [5, 5.41) is 0. The highest BCUT2D eigenvalue weighted by Crippen LogP contribution is 2.28. The molecule has 0 bridgehead atoms. The summed E-state index contributed by atoms with van der Waals surface area (Å²) in [7, 11) is 0. The van der Waals surface area contributed by atoms with Crippen molar-refractivity contribution in [2.24, 2.45) is 0 Å². The molecule has 3 heteroatoms. The Kier molecular flexibility index (Phi) is 4.02. The third-order valence-electron chi connectivity index (χ3n) is 3.13. The zero-order valence-corrected chi connectivity index (χ0v) is 10.8. The Morgan fingerprint density at radius 2 is 1.82 bits per heavy atom. The van der Waals surface area contributed by atoms with Crippen molar-refractivity contribution in [3.05, 3.63) is 29.8 Å². The molecule has 0 spiro atoms. The molecule has 17 heavy (non-hydrogen) atoms. The van der Waals surface area contributed by atoms with E-state index in [2.05, 4.69) is 43.0 Å². The Labute approximate surface area is 103 Å². The molecule has 0 aliphatic carbocycles. The van der Waals surface area contributed by atoms with E-state index in [1.165, 1.54) is 5.69 Å². The minimum absolute atomic E-state index is 0.184. The second-order valence-corrected chi connectivity index (χ2v) is 4.38. The third-order valence-corrected chi connectivity index (χ3v) is 3.13. The lowest BCUT2D eigenvalue weighted by Gasteiger charge is -2.21. The lowest BCUT2D eigenvalue weighted by molar-refractivity contribution is -0.0572. The summed E-state index contributed by atoms with van der Waals surface area (Å²) in [5.41, 5.74) is 2.36. The van der Waals surface area contributed by atoms with Crippen LogP contribution in [0.4, 0.5) is 5.69 Å². The van der Waals surface area contributed by atoms with Crippen LogP contribution in [0.5, 0.6) is 0 Å². The number of nitrogens with zero attached hydrogens (tertiary/aromatic N) is 1. The van der Waals surface area contributed by atoms with Gasteiger partial charge in [0.15, 0.2) is 6.29 Å². The highest BCUT2D eigenvalue weighted by molar-refractivity contribution is 5.47. The summed E-state index contributed by atoms with van der Waals surface area (Å²) in [5.74, 6) is 0. The predicted molar refractivity (Wildman–Crippen MR) is 69.2 cm³/mol. The van der Waals surface area contributed by atoms with Crippen LogP contribution in [0.2, 0.25) is 0 Å². The molecule has 1 saturated heterocycles. The van der Waals surface area contributed by atoms with Crippen molar-refractivity contribution in [1.82, 2.24) is 0 Å². The predicted octanol–water partition coefficient (Wildman–Crippen LogP) is 2.97. The fourth-order valence-electron chi connectivity index (χ4n) is 2.12. The van der Waals surface area contributed by atoms with Gasteiger partial charge in [-0.2, -0.15) is 0 Å². The quantitative estimate of drug-likeness (QED) is 0.801. The van der Waals surface area contributed by atoms with E-state index in [9.17, 15) is 0 Å². The van der Waals surface area contributed by atoms with Crippen LogP contribution >= 0.6 is 0 Å². The molecule has 0 aromatic heterocycles. The van der Waals surface area contributed by atoms with Gasteiger partial charge < -0.3 is 14.4 Å². The Morgan fingerprint density at radius 1 is 1.18 bits per heavy atom. The van der Waals surface area contributed by atoms with E-state index in [4.69, 9.17) is 9.47 Å².